The Morgan fingerprint density at radius 2 is 2.43 bits per heavy atom. The SMILES string of the molecule is C=COCCN=C1CCOC(C)(C)C1. The summed E-state index contributed by atoms with van der Waals surface area (Å²) >= 11 is 0. The van der Waals surface area contributed by atoms with Crippen LogP contribution >= 0.6 is 0 Å². The molecule has 1 heterocycles. The predicted molar refractivity (Wildman–Crippen MR) is 57.7 cm³/mol. The molecule has 0 atom stereocenters. The Hall–Kier alpha value is -0.830. The summed E-state index contributed by atoms with van der Waals surface area (Å²) < 4.78 is 10.6. The van der Waals surface area contributed by atoms with Crippen molar-refractivity contribution in [1.82, 2.24) is 0 Å². The molecular weight excluding hydrogens is 178 g/mol. The van der Waals surface area contributed by atoms with Crippen molar-refractivity contribution in [2.24, 2.45) is 4.99 Å². The molecule has 1 fully saturated rings. The van der Waals surface area contributed by atoms with Crippen molar-refractivity contribution < 1.29 is 9.47 Å². The fourth-order valence-corrected chi connectivity index (χ4v) is 1.55. The maximum absolute atomic E-state index is 5.59. The molecule has 1 aliphatic rings. The molecule has 80 valence electrons. The minimum absolute atomic E-state index is 0.0453. The smallest absolute Gasteiger partial charge is 0.107 e. The van der Waals surface area contributed by atoms with Gasteiger partial charge < -0.3 is 9.47 Å². The van der Waals surface area contributed by atoms with Gasteiger partial charge in [0.25, 0.3) is 0 Å². The van der Waals surface area contributed by atoms with Gasteiger partial charge >= 0.3 is 0 Å². The van der Waals surface area contributed by atoms with Crippen LogP contribution in [0.3, 0.4) is 0 Å². The van der Waals surface area contributed by atoms with E-state index in [2.05, 4.69) is 25.4 Å². The highest BCUT2D eigenvalue weighted by Gasteiger charge is 2.25. The first-order chi connectivity index (χ1) is 6.64. The maximum Gasteiger partial charge on any atom is 0.107 e. The Balaban J connectivity index is 2.32. The van der Waals surface area contributed by atoms with Crippen LogP contribution in [0.25, 0.3) is 0 Å². The van der Waals surface area contributed by atoms with E-state index in [0.717, 1.165) is 26.0 Å². The first-order valence-corrected chi connectivity index (χ1v) is 5.03. The van der Waals surface area contributed by atoms with Gasteiger partial charge in [0.05, 0.1) is 25.0 Å². The van der Waals surface area contributed by atoms with Gasteiger partial charge in [-0.25, -0.2) is 0 Å². The number of ether oxygens (including phenoxy) is 2. The van der Waals surface area contributed by atoms with E-state index in [1.165, 1.54) is 12.0 Å². The molecule has 3 nitrogen and oxygen atoms in total. The van der Waals surface area contributed by atoms with Crippen LogP contribution in [0.15, 0.2) is 17.8 Å². The Labute approximate surface area is 85.8 Å². The molecule has 0 amide bonds. The molecule has 3 heteroatoms. The van der Waals surface area contributed by atoms with Crippen molar-refractivity contribution in [2.45, 2.75) is 32.3 Å². The summed E-state index contributed by atoms with van der Waals surface area (Å²) in [5.41, 5.74) is 1.20. The number of hydrogen-bond donors (Lipinski definition) is 0. The van der Waals surface area contributed by atoms with E-state index in [9.17, 15) is 0 Å². The van der Waals surface area contributed by atoms with E-state index in [0.29, 0.717) is 6.61 Å². The second kappa shape index (κ2) is 5.15. The maximum atomic E-state index is 5.59. The third-order valence-corrected chi connectivity index (χ3v) is 2.18. The number of aliphatic imine (C=N–C) groups is 1. The number of rotatable bonds is 4. The highest BCUT2D eigenvalue weighted by molar-refractivity contribution is 5.86. The van der Waals surface area contributed by atoms with Gasteiger partial charge in [0.15, 0.2) is 0 Å². The molecule has 0 spiro atoms. The molecule has 14 heavy (non-hydrogen) atoms. The molecule has 0 aliphatic carbocycles. The van der Waals surface area contributed by atoms with Gasteiger partial charge in [-0.15, -0.1) is 0 Å². The lowest BCUT2D eigenvalue weighted by Gasteiger charge is -2.30. The first-order valence-electron chi connectivity index (χ1n) is 5.03. The molecule has 1 rings (SSSR count). The van der Waals surface area contributed by atoms with Crippen molar-refractivity contribution >= 4 is 5.71 Å². The molecule has 0 bridgehead atoms. The first kappa shape index (κ1) is 11.2. The van der Waals surface area contributed by atoms with Gasteiger partial charge in [0, 0.05) is 18.6 Å². The lowest BCUT2D eigenvalue weighted by atomic mass is 9.96. The van der Waals surface area contributed by atoms with Crippen LogP contribution in [0.4, 0.5) is 0 Å². The molecule has 0 radical (unpaired) electrons. The Kier molecular flexibility index (Phi) is 4.14. The minimum Gasteiger partial charge on any atom is -0.500 e. The van der Waals surface area contributed by atoms with E-state index in [-0.39, 0.29) is 5.60 Å². The molecule has 0 aromatic rings. The van der Waals surface area contributed by atoms with E-state index < -0.39 is 0 Å². The van der Waals surface area contributed by atoms with Gasteiger partial charge in [-0.05, 0) is 13.8 Å². The summed E-state index contributed by atoms with van der Waals surface area (Å²) in [5.74, 6) is 0. The van der Waals surface area contributed by atoms with Crippen molar-refractivity contribution in [3.63, 3.8) is 0 Å². The van der Waals surface area contributed by atoms with Gasteiger partial charge in [-0.3, -0.25) is 4.99 Å². The lowest BCUT2D eigenvalue weighted by molar-refractivity contribution is -0.0199. The van der Waals surface area contributed by atoms with Gasteiger partial charge in [-0.1, -0.05) is 6.58 Å². The van der Waals surface area contributed by atoms with Crippen LogP contribution in [-0.2, 0) is 9.47 Å². The monoisotopic (exact) mass is 197 g/mol. The van der Waals surface area contributed by atoms with E-state index in [1.807, 2.05) is 0 Å². The molecule has 0 aromatic heterocycles. The van der Waals surface area contributed by atoms with Crippen LogP contribution < -0.4 is 0 Å². The van der Waals surface area contributed by atoms with E-state index >= 15 is 0 Å². The molecule has 1 saturated heterocycles. The Bertz CT molecular complexity index is 221. The Morgan fingerprint density at radius 3 is 3.07 bits per heavy atom. The van der Waals surface area contributed by atoms with Crippen molar-refractivity contribution in [3.8, 4) is 0 Å². The zero-order valence-corrected chi connectivity index (χ0v) is 9.08. The average molecular weight is 197 g/mol. The fraction of sp³-hybridized carbons (Fsp3) is 0.727. The van der Waals surface area contributed by atoms with Gasteiger partial charge in [-0.2, -0.15) is 0 Å². The Morgan fingerprint density at radius 1 is 1.64 bits per heavy atom. The minimum atomic E-state index is -0.0453. The molecule has 0 aromatic carbocycles. The van der Waals surface area contributed by atoms with E-state index in [4.69, 9.17) is 9.47 Å². The molecular formula is C11H19NO2. The normalized spacial score (nSPS) is 23.4. The number of hydrogen-bond acceptors (Lipinski definition) is 3. The van der Waals surface area contributed by atoms with Crippen molar-refractivity contribution in [3.05, 3.63) is 12.8 Å². The molecule has 0 N–H and O–H groups in total. The zero-order valence-electron chi connectivity index (χ0n) is 9.08. The van der Waals surface area contributed by atoms with Crippen LogP contribution in [0.5, 0.6) is 0 Å². The second-order valence-electron chi connectivity index (χ2n) is 4.02. The van der Waals surface area contributed by atoms with Crippen LogP contribution in [0.1, 0.15) is 26.7 Å². The standard InChI is InChI=1S/C11H19NO2/c1-4-13-8-6-12-10-5-7-14-11(2,3)9-10/h4H,1,5-9H2,2-3H3. The highest BCUT2D eigenvalue weighted by Crippen LogP contribution is 2.21. The molecule has 0 unspecified atom stereocenters. The van der Waals surface area contributed by atoms with Crippen LogP contribution in [0.2, 0.25) is 0 Å². The van der Waals surface area contributed by atoms with Crippen LogP contribution in [-0.4, -0.2) is 31.1 Å². The third kappa shape index (κ3) is 3.92. The summed E-state index contributed by atoms with van der Waals surface area (Å²) in [6.45, 7) is 9.80. The summed E-state index contributed by atoms with van der Waals surface area (Å²) in [5, 5.41) is 0. The average Bonchev–Trinajstić information content (AvgIpc) is 2.11. The summed E-state index contributed by atoms with van der Waals surface area (Å²) in [4.78, 5) is 4.48. The second-order valence-corrected chi connectivity index (χ2v) is 4.02. The summed E-state index contributed by atoms with van der Waals surface area (Å²) in [6, 6.07) is 0. The zero-order chi connectivity index (χ0) is 10.4. The molecule has 0 saturated carbocycles. The van der Waals surface area contributed by atoms with Crippen molar-refractivity contribution in [1.29, 1.82) is 0 Å². The largest absolute Gasteiger partial charge is 0.500 e. The van der Waals surface area contributed by atoms with Crippen molar-refractivity contribution in [2.75, 3.05) is 19.8 Å². The van der Waals surface area contributed by atoms with Gasteiger partial charge in [0.2, 0.25) is 0 Å². The summed E-state index contributed by atoms with van der Waals surface area (Å²) in [6.07, 6.45) is 3.34. The quantitative estimate of drug-likeness (QED) is 0.511. The predicted octanol–water partition coefficient (Wildman–Crippen LogP) is 2.18. The molecule has 1 aliphatic heterocycles. The van der Waals surface area contributed by atoms with Crippen LogP contribution in [0, 0.1) is 0 Å². The fourth-order valence-electron chi connectivity index (χ4n) is 1.55. The third-order valence-electron chi connectivity index (χ3n) is 2.18. The van der Waals surface area contributed by atoms with E-state index in [1.54, 1.807) is 0 Å². The lowest BCUT2D eigenvalue weighted by Crippen LogP contribution is -2.34. The topological polar surface area (TPSA) is 30.8 Å². The number of nitrogens with zero attached hydrogens (tertiary/aromatic N) is 1. The highest BCUT2D eigenvalue weighted by atomic mass is 16.5. The summed E-state index contributed by atoms with van der Waals surface area (Å²) in [7, 11) is 0. The van der Waals surface area contributed by atoms with Gasteiger partial charge in [0.1, 0.15) is 6.61 Å².